The molecule has 0 saturated carbocycles. The third kappa shape index (κ3) is 3.01. The highest BCUT2D eigenvalue weighted by Crippen LogP contribution is 2.26. The number of rotatable bonds is 2. The van der Waals surface area contributed by atoms with Gasteiger partial charge in [-0.25, -0.2) is 0 Å². The third-order valence-electron chi connectivity index (χ3n) is 2.34. The largest absolute Gasteiger partial charge is 0.386 e. The first kappa shape index (κ1) is 14.1. The van der Waals surface area contributed by atoms with Crippen LogP contribution < -0.4 is 10.6 Å². The molecule has 0 aromatic heterocycles. The molecule has 2 rings (SSSR count). The van der Waals surface area contributed by atoms with E-state index in [9.17, 15) is 0 Å². The molecule has 84 valence electrons. The predicted molar refractivity (Wildman–Crippen MR) is 68.8 cm³/mol. The summed E-state index contributed by atoms with van der Waals surface area (Å²) in [5.74, 6) is 0.233. The lowest BCUT2D eigenvalue weighted by Crippen LogP contribution is -2.31. The lowest BCUT2D eigenvalue weighted by atomic mass is 10.2. The zero-order valence-corrected chi connectivity index (χ0v) is 9.90. The molecule has 0 aliphatic carbocycles. The molecule has 5 heteroatoms. The van der Waals surface area contributed by atoms with Crippen molar-refractivity contribution in [3.8, 4) is 0 Å². The Hall–Kier alpha value is -0.930. The van der Waals surface area contributed by atoms with Crippen molar-refractivity contribution in [3.63, 3.8) is 0 Å². The molecule has 1 heterocycles. The average molecular weight is 248 g/mol. The van der Waals surface area contributed by atoms with E-state index in [0.29, 0.717) is 6.54 Å². The molecule has 1 aromatic carbocycles. The first-order valence-corrected chi connectivity index (χ1v) is 4.43. The number of hydrogen-bond acceptors (Lipinski definition) is 2. The summed E-state index contributed by atoms with van der Waals surface area (Å²) in [6, 6.07) is 8.30. The maximum Gasteiger partial charge on any atom is 0.110 e. The normalized spacial score (nSPS) is 12.4. The molecule has 0 radical (unpaired) electrons. The van der Waals surface area contributed by atoms with E-state index in [2.05, 4.69) is 23.1 Å². The molecule has 1 aromatic rings. The van der Waals surface area contributed by atoms with E-state index < -0.39 is 0 Å². The quantitative estimate of drug-likeness (QED) is 0.619. The van der Waals surface area contributed by atoms with Gasteiger partial charge in [0.15, 0.2) is 0 Å². The molecule has 1 aliphatic heterocycles. The predicted octanol–water partition coefficient (Wildman–Crippen LogP) is 1.83. The van der Waals surface area contributed by atoms with Gasteiger partial charge in [0.2, 0.25) is 0 Å². The van der Waals surface area contributed by atoms with E-state index in [1.54, 1.807) is 0 Å². The van der Waals surface area contributed by atoms with Crippen LogP contribution in [0.2, 0.25) is 0 Å². The van der Waals surface area contributed by atoms with Crippen LogP contribution in [-0.4, -0.2) is 18.9 Å². The Labute approximate surface area is 102 Å². The number of nitrogens with one attached hydrogen (secondary N) is 1. The lowest BCUT2D eigenvalue weighted by Gasteiger charge is -2.17. The summed E-state index contributed by atoms with van der Waals surface area (Å²) in [7, 11) is 0. The van der Waals surface area contributed by atoms with Crippen LogP contribution in [0.15, 0.2) is 24.3 Å². The molecule has 0 atom stereocenters. The van der Waals surface area contributed by atoms with E-state index in [1.807, 2.05) is 6.07 Å². The maximum atomic E-state index is 7.24. The van der Waals surface area contributed by atoms with Crippen LogP contribution in [0.3, 0.4) is 0 Å². The summed E-state index contributed by atoms with van der Waals surface area (Å²) in [6.45, 7) is 1.54. The highest BCUT2D eigenvalue weighted by Gasteiger charge is 2.17. The van der Waals surface area contributed by atoms with Crippen LogP contribution >= 0.6 is 24.8 Å². The number of nitrogens with two attached hydrogens (primary N) is 1. The second-order valence-electron chi connectivity index (χ2n) is 3.33. The molecule has 15 heavy (non-hydrogen) atoms. The van der Waals surface area contributed by atoms with Crippen molar-refractivity contribution in [1.29, 1.82) is 5.41 Å². The van der Waals surface area contributed by atoms with Crippen molar-refractivity contribution >= 4 is 36.3 Å². The van der Waals surface area contributed by atoms with Gasteiger partial charge >= 0.3 is 0 Å². The Balaban J connectivity index is 0.000000980. The zero-order chi connectivity index (χ0) is 9.26. The van der Waals surface area contributed by atoms with Gasteiger partial charge in [-0.2, -0.15) is 0 Å². The number of fused-ring (bicyclic) bond motifs is 1. The highest BCUT2D eigenvalue weighted by molar-refractivity contribution is 5.85. The van der Waals surface area contributed by atoms with Crippen molar-refractivity contribution < 1.29 is 0 Å². The van der Waals surface area contributed by atoms with Crippen molar-refractivity contribution in [3.05, 3.63) is 29.8 Å². The monoisotopic (exact) mass is 247 g/mol. The van der Waals surface area contributed by atoms with Crippen LogP contribution in [0.4, 0.5) is 5.69 Å². The Morgan fingerprint density at radius 2 is 2.00 bits per heavy atom. The van der Waals surface area contributed by atoms with Crippen LogP contribution in [0.5, 0.6) is 0 Å². The minimum atomic E-state index is 0. The van der Waals surface area contributed by atoms with Crippen LogP contribution in [-0.2, 0) is 6.42 Å². The number of anilines is 1. The average Bonchev–Trinajstić information content (AvgIpc) is 2.48. The molecular weight excluding hydrogens is 233 g/mol. The summed E-state index contributed by atoms with van der Waals surface area (Å²) >= 11 is 0. The molecule has 3 nitrogen and oxygen atoms in total. The summed E-state index contributed by atoms with van der Waals surface area (Å²) in [5.41, 5.74) is 7.97. The van der Waals surface area contributed by atoms with Gasteiger partial charge in [0.1, 0.15) is 5.84 Å². The number of hydrogen-bond donors (Lipinski definition) is 2. The highest BCUT2D eigenvalue weighted by atomic mass is 35.5. The van der Waals surface area contributed by atoms with Crippen molar-refractivity contribution in [1.82, 2.24) is 0 Å². The molecule has 3 N–H and O–H groups in total. The molecule has 0 bridgehead atoms. The minimum absolute atomic E-state index is 0. The van der Waals surface area contributed by atoms with Crippen molar-refractivity contribution in [2.75, 3.05) is 18.0 Å². The molecule has 0 spiro atoms. The van der Waals surface area contributed by atoms with E-state index in [0.717, 1.165) is 13.0 Å². The molecule has 0 amide bonds. The van der Waals surface area contributed by atoms with E-state index in [-0.39, 0.29) is 30.6 Å². The molecule has 0 unspecified atom stereocenters. The molecule has 1 aliphatic rings. The van der Waals surface area contributed by atoms with E-state index in [1.165, 1.54) is 11.3 Å². The third-order valence-corrected chi connectivity index (χ3v) is 2.34. The molecule has 0 saturated heterocycles. The zero-order valence-electron chi connectivity index (χ0n) is 8.27. The van der Waals surface area contributed by atoms with Gasteiger partial charge in [-0.1, -0.05) is 18.2 Å². The van der Waals surface area contributed by atoms with Gasteiger partial charge in [-0.15, -0.1) is 24.8 Å². The van der Waals surface area contributed by atoms with Crippen LogP contribution in [0.25, 0.3) is 0 Å². The number of nitrogens with zero attached hydrogens (tertiary/aromatic N) is 1. The summed E-state index contributed by atoms with van der Waals surface area (Å²) in [5, 5.41) is 7.24. The molecule has 0 fully saturated rings. The van der Waals surface area contributed by atoms with E-state index in [4.69, 9.17) is 11.1 Å². The fraction of sp³-hybridized carbons (Fsp3) is 0.300. The van der Waals surface area contributed by atoms with Gasteiger partial charge in [-0.3, -0.25) is 5.41 Å². The Morgan fingerprint density at radius 1 is 1.33 bits per heavy atom. The van der Waals surface area contributed by atoms with Gasteiger partial charge < -0.3 is 10.6 Å². The van der Waals surface area contributed by atoms with E-state index >= 15 is 0 Å². The van der Waals surface area contributed by atoms with Crippen molar-refractivity contribution in [2.24, 2.45) is 5.73 Å². The van der Waals surface area contributed by atoms with Crippen LogP contribution in [0, 0.1) is 5.41 Å². The van der Waals surface area contributed by atoms with Crippen molar-refractivity contribution in [2.45, 2.75) is 6.42 Å². The summed E-state index contributed by atoms with van der Waals surface area (Å²) in [4.78, 5) is 2.15. The Bertz CT molecular complexity index is 341. The van der Waals surface area contributed by atoms with Gasteiger partial charge in [-0.05, 0) is 18.1 Å². The smallest absolute Gasteiger partial charge is 0.110 e. The summed E-state index contributed by atoms with van der Waals surface area (Å²) in [6.07, 6.45) is 1.07. The Morgan fingerprint density at radius 3 is 2.67 bits per heavy atom. The van der Waals surface area contributed by atoms with Gasteiger partial charge in [0.05, 0.1) is 6.54 Å². The number of benzene rings is 1. The fourth-order valence-corrected chi connectivity index (χ4v) is 1.78. The standard InChI is InChI=1S/C10H13N3.2ClH/c11-10(12)7-13-6-5-8-3-1-2-4-9(8)13;;/h1-4H,5-7H2,(H3,11,12);2*1H. The summed E-state index contributed by atoms with van der Waals surface area (Å²) < 4.78 is 0. The minimum Gasteiger partial charge on any atom is -0.386 e. The fourth-order valence-electron chi connectivity index (χ4n) is 1.78. The second-order valence-corrected chi connectivity index (χ2v) is 3.33. The number of halogens is 2. The Kier molecular flexibility index (Phi) is 5.47. The lowest BCUT2D eigenvalue weighted by molar-refractivity contribution is 0.913. The van der Waals surface area contributed by atoms with Crippen LogP contribution in [0.1, 0.15) is 5.56 Å². The first-order chi connectivity index (χ1) is 6.27. The second kappa shape index (κ2) is 5.83. The number of amidine groups is 1. The van der Waals surface area contributed by atoms with Gasteiger partial charge in [0, 0.05) is 12.2 Å². The molecular formula is C10H15Cl2N3. The topological polar surface area (TPSA) is 53.1 Å². The maximum absolute atomic E-state index is 7.24. The SMILES string of the molecule is Cl.Cl.N=C(N)CN1CCc2ccccc21. The first-order valence-electron chi connectivity index (χ1n) is 4.43. The number of para-hydroxylation sites is 1. The van der Waals surface area contributed by atoms with Gasteiger partial charge in [0.25, 0.3) is 0 Å².